The molecule has 0 spiro atoms. The summed E-state index contributed by atoms with van der Waals surface area (Å²) >= 11 is 0. The molecule has 3 rings (SSSR count). The van der Waals surface area contributed by atoms with Gasteiger partial charge in [0.15, 0.2) is 0 Å². The average molecular weight is 342 g/mol. The average Bonchev–Trinajstić information content (AvgIpc) is 2.86. The van der Waals surface area contributed by atoms with Crippen LogP contribution >= 0.6 is 0 Å². The number of carboxylic acids is 1. The van der Waals surface area contributed by atoms with Gasteiger partial charge in [-0.3, -0.25) is 0 Å². The Morgan fingerprint density at radius 1 is 1.20 bits per heavy atom. The number of ether oxygens (including phenoxy) is 1. The minimum absolute atomic E-state index is 0.0570. The van der Waals surface area contributed by atoms with Crippen molar-refractivity contribution in [2.24, 2.45) is 22.2 Å². The van der Waals surface area contributed by atoms with Crippen molar-refractivity contribution in [2.45, 2.75) is 60.7 Å². The molecule has 25 heavy (non-hydrogen) atoms. The molecule has 0 radical (unpaired) electrons. The van der Waals surface area contributed by atoms with E-state index in [0.29, 0.717) is 0 Å². The minimum Gasteiger partial charge on any atom is -0.478 e. The highest BCUT2D eigenvalue weighted by Gasteiger charge is 2.70. The topological polar surface area (TPSA) is 46.5 Å². The monoisotopic (exact) mass is 342 g/mol. The van der Waals surface area contributed by atoms with Crippen LogP contribution in [0.3, 0.4) is 0 Å². The first kappa shape index (κ1) is 18.2. The lowest BCUT2D eigenvalue weighted by Gasteiger charge is -2.52. The standard InChI is InChI=1S/C22H30O3/c1-8-13(2)18-21(6)12-14(3)17-20(5,10-9-16(23)24)11-15(4)19(25-18)22(17,21)7/h8-12,17-19H,1-7H3,(H,23,24)/b10-9+,13-8-/t17-,18-,19+,20-,21+,22-/m1/s1. The molecule has 0 amide bonds. The Balaban J connectivity index is 2.21. The molecule has 1 saturated heterocycles. The Bertz CT molecular complexity index is 740. The van der Waals surface area contributed by atoms with Gasteiger partial charge in [0.2, 0.25) is 0 Å². The van der Waals surface area contributed by atoms with Crippen LogP contribution in [0.25, 0.3) is 0 Å². The van der Waals surface area contributed by atoms with Gasteiger partial charge < -0.3 is 9.84 Å². The van der Waals surface area contributed by atoms with Crippen molar-refractivity contribution < 1.29 is 14.6 Å². The number of hydrogen-bond donors (Lipinski definition) is 1. The maximum Gasteiger partial charge on any atom is 0.328 e. The molecule has 2 aliphatic carbocycles. The van der Waals surface area contributed by atoms with E-state index in [1.807, 2.05) is 6.08 Å². The van der Waals surface area contributed by atoms with E-state index in [-0.39, 0.29) is 34.4 Å². The van der Waals surface area contributed by atoms with Gasteiger partial charge in [-0.1, -0.05) is 50.6 Å². The zero-order valence-electron chi connectivity index (χ0n) is 16.4. The normalized spacial score (nSPS) is 46.2. The molecule has 136 valence electrons. The second kappa shape index (κ2) is 5.44. The number of allylic oxidation sites excluding steroid dienone is 4. The lowest BCUT2D eigenvalue weighted by molar-refractivity contribution is -0.131. The first-order chi connectivity index (χ1) is 11.5. The largest absolute Gasteiger partial charge is 0.478 e. The summed E-state index contributed by atoms with van der Waals surface area (Å²) < 4.78 is 6.62. The third kappa shape index (κ3) is 2.18. The number of hydrogen-bond acceptors (Lipinski definition) is 2. The van der Waals surface area contributed by atoms with Crippen LogP contribution in [0.15, 0.2) is 47.1 Å². The Morgan fingerprint density at radius 3 is 2.40 bits per heavy atom. The molecule has 1 aliphatic heterocycles. The highest BCUT2D eigenvalue weighted by Crippen LogP contribution is 2.71. The van der Waals surface area contributed by atoms with Gasteiger partial charge in [0.1, 0.15) is 0 Å². The molecule has 0 unspecified atom stereocenters. The van der Waals surface area contributed by atoms with Crippen LogP contribution in [-0.4, -0.2) is 23.3 Å². The van der Waals surface area contributed by atoms with E-state index >= 15 is 0 Å². The van der Waals surface area contributed by atoms with Crippen molar-refractivity contribution in [3.8, 4) is 0 Å². The molecule has 0 aromatic heterocycles. The molecular formula is C22H30O3. The Labute approximate surface area is 151 Å². The molecule has 1 fully saturated rings. The van der Waals surface area contributed by atoms with Gasteiger partial charge in [-0.15, -0.1) is 0 Å². The van der Waals surface area contributed by atoms with E-state index < -0.39 is 5.97 Å². The molecule has 0 saturated carbocycles. The summed E-state index contributed by atoms with van der Waals surface area (Å²) in [6.07, 6.45) is 10.0. The highest BCUT2D eigenvalue weighted by molar-refractivity contribution is 5.80. The summed E-state index contributed by atoms with van der Waals surface area (Å²) in [5.74, 6) is -0.670. The molecule has 0 bridgehead atoms. The summed E-state index contributed by atoms with van der Waals surface area (Å²) in [5, 5.41) is 9.15. The van der Waals surface area contributed by atoms with Crippen molar-refractivity contribution in [3.05, 3.63) is 47.1 Å². The molecule has 3 aliphatic rings. The number of rotatable bonds is 3. The maximum absolute atomic E-state index is 11.1. The second-order valence-electron chi connectivity index (χ2n) is 8.74. The Morgan fingerprint density at radius 2 is 1.84 bits per heavy atom. The quantitative estimate of drug-likeness (QED) is 0.585. The van der Waals surface area contributed by atoms with Crippen LogP contribution in [0.2, 0.25) is 0 Å². The van der Waals surface area contributed by atoms with E-state index in [0.717, 1.165) is 0 Å². The van der Waals surface area contributed by atoms with Crippen molar-refractivity contribution in [1.82, 2.24) is 0 Å². The molecular weight excluding hydrogens is 312 g/mol. The van der Waals surface area contributed by atoms with Crippen molar-refractivity contribution in [1.29, 1.82) is 0 Å². The second-order valence-corrected chi connectivity index (χ2v) is 8.74. The van der Waals surface area contributed by atoms with Gasteiger partial charge >= 0.3 is 5.97 Å². The van der Waals surface area contributed by atoms with Gasteiger partial charge in [0.25, 0.3) is 0 Å². The van der Waals surface area contributed by atoms with Crippen molar-refractivity contribution in [2.75, 3.05) is 0 Å². The number of carboxylic acid groups (broad SMARTS) is 1. The molecule has 0 aromatic rings. The summed E-state index contributed by atoms with van der Waals surface area (Å²) in [7, 11) is 0. The Hall–Kier alpha value is -1.61. The van der Waals surface area contributed by atoms with E-state index in [9.17, 15) is 4.79 Å². The molecule has 1 N–H and O–H groups in total. The maximum atomic E-state index is 11.1. The van der Waals surface area contributed by atoms with E-state index in [1.165, 1.54) is 22.8 Å². The van der Waals surface area contributed by atoms with Crippen LogP contribution < -0.4 is 0 Å². The first-order valence-corrected chi connectivity index (χ1v) is 9.10. The van der Waals surface area contributed by atoms with Crippen molar-refractivity contribution in [3.63, 3.8) is 0 Å². The molecule has 0 aromatic carbocycles. The first-order valence-electron chi connectivity index (χ1n) is 9.10. The van der Waals surface area contributed by atoms with Crippen LogP contribution in [0, 0.1) is 22.2 Å². The Kier molecular flexibility index (Phi) is 3.96. The van der Waals surface area contributed by atoms with Gasteiger partial charge in [-0.25, -0.2) is 4.79 Å². The molecule has 3 nitrogen and oxygen atoms in total. The smallest absolute Gasteiger partial charge is 0.328 e. The lowest BCUT2D eigenvalue weighted by Crippen LogP contribution is -2.51. The van der Waals surface area contributed by atoms with E-state index in [2.05, 4.69) is 66.7 Å². The fourth-order valence-electron chi connectivity index (χ4n) is 6.20. The molecule has 3 heteroatoms. The fourth-order valence-corrected chi connectivity index (χ4v) is 6.20. The predicted octanol–water partition coefficient (Wildman–Crippen LogP) is 4.92. The summed E-state index contributed by atoms with van der Waals surface area (Å²) in [6.45, 7) is 15.3. The van der Waals surface area contributed by atoms with Crippen molar-refractivity contribution >= 4 is 5.97 Å². The van der Waals surface area contributed by atoms with Crippen LogP contribution in [-0.2, 0) is 9.53 Å². The van der Waals surface area contributed by atoms with Crippen LogP contribution in [0.5, 0.6) is 0 Å². The van der Waals surface area contributed by atoms with E-state index in [4.69, 9.17) is 9.84 Å². The van der Waals surface area contributed by atoms with E-state index in [1.54, 1.807) is 0 Å². The van der Waals surface area contributed by atoms with Gasteiger partial charge in [0, 0.05) is 28.2 Å². The summed E-state index contributed by atoms with van der Waals surface area (Å²) in [4.78, 5) is 11.1. The zero-order chi connectivity index (χ0) is 18.8. The van der Waals surface area contributed by atoms with Crippen LogP contribution in [0.1, 0.15) is 48.5 Å². The predicted molar refractivity (Wildman–Crippen MR) is 100 cm³/mol. The number of aliphatic carboxylic acids is 1. The number of carbonyl (C=O) groups is 1. The summed E-state index contributed by atoms with van der Waals surface area (Å²) in [5.41, 5.74) is 3.29. The molecule has 6 atom stereocenters. The zero-order valence-corrected chi connectivity index (χ0v) is 16.4. The highest BCUT2D eigenvalue weighted by atomic mass is 16.5. The van der Waals surface area contributed by atoms with Gasteiger partial charge in [-0.05, 0) is 38.8 Å². The SMILES string of the molecule is C/C=C(/C)[C@H]1O[C@H]2C(C)=C[C@@](C)(/C=C/C(=O)O)[C@H]3C(C)=C[C@]1(C)[C@@]23C. The van der Waals surface area contributed by atoms with Gasteiger partial charge in [-0.2, -0.15) is 0 Å². The summed E-state index contributed by atoms with van der Waals surface area (Å²) in [6, 6.07) is 0. The lowest BCUT2D eigenvalue weighted by atomic mass is 9.50. The third-order valence-electron chi connectivity index (χ3n) is 7.13. The molecule has 1 heterocycles. The minimum atomic E-state index is -0.896. The fraction of sp³-hybridized carbons (Fsp3) is 0.591. The van der Waals surface area contributed by atoms with Gasteiger partial charge in [0.05, 0.1) is 12.2 Å². The van der Waals surface area contributed by atoms with Crippen LogP contribution in [0.4, 0.5) is 0 Å². The third-order valence-corrected chi connectivity index (χ3v) is 7.13.